The SMILES string of the molecule is O=C(CNC(=O)c1cc(Cl)sc1Cl)OCc1ccccc1. The van der Waals surface area contributed by atoms with Crippen molar-refractivity contribution in [1.29, 1.82) is 0 Å². The van der Waals surface area contributed by atoms with Crippen LogP contribution >= 0.6 is 34.5 Å². The highest BCUT2D eigenvalue weighted by atomic mass is 35.5. The van der Waals surface area contributed by atoms with Crippen LogP contribution in [-0.4, -0.2) is 18.4 Å². The molecule has 0 spiro atoms. The van der Waals surface area contributed by atoms with Gasteiger partial charge in [0.1, 0.15) is 17.5 Å². The molecule has 4 nitrogen and oxygen atoms in total. The Morgan fingerprint density at radius 3 is 2.52 bits per heavy atom. The number of amides is 1. The lowest BCUT2D eigenvalue weighted by Gasteiger charge is -2.06. The second-order valence-corrected chi connectivity index (χ2v) is 6.35. The normalized spacial score (nSPS) is 10.2. The first-order valence-corrected chi connectivity index (χ1v) is 7.56. The Balaban J connectivity index is 1.79. The molecule has 0 atom stereocenters. The molecule has 2 aromatic rings. The molecule has 2 rings (SSSR count). The van der Waals surface area contributed by atoms with Crippen LogP contribution in [-0.2, 0) is 16.1 Å². The summed E-state index contributed by atoms with van der Waals surface area (Å²) in [5.74, 6) is -0.982. The van der Waals surface area contributed by atoms with Crippen molar-refractivity contribution < 1.29 is 14.3 Å². The van der Waals surface area contributed by atoms with Gasteiger partial charge in [-0.1, -0.05) is 53.5 Å². The maximum atomic E-state index is 11.8. The minimum atomic E-state index is -0.523. The number of carbonyl (C=O) groups excluding carboxylic acids is 2. The maximum absolute atomic E-state index is 11.8. The van der Waals surface area contributed by atoms with Crippen LogP contribution < -0.4 is 5.32 Å². The lowest BCUT2D eigenvalue weighted by molar-refractivity contribution is -0.143. The summed E-state index contributed by atoms with van der Waals surface area (Å²) in [6, 6.07) is 10.7. The minimum absolute atomic E-state index is 0.167. The van der Waals surface area contributed by atoms with Crippen molar-refractivity contribution in [3.8, 4) is 0 Å². The second kappa shape index (κ2) is 7.45. The van der Waals surface area contributed by atoms with E-state index in [-0.39, 0.29) is 23.1 Å². The summed E-state index contributed by atoms with van der Waals surface area (Å²) in [5.41, 5.74) is 1.13. The fraction of sp³-hybridized carbons (Fsp3) is 0.143. The summed E-state index contributed by atoms with van der Waals surface area (Å²) in [7, 11) is 0. The van der Waals surface area contributed by atoms with Crippen molar-refractivity contribution >= 4 is 46.4 Å². The standard InChI is InChI=1S/C14H11Cl2NO3S/c15-11-6-10(13(16)21-11)14(19)17-7-12(18)20-8-9-4-2-1-3-5-9/h1-6H,7-8H2,(H,17,19). The Labute approximate surface area is 135 Å². The van der Waals surface area contributed by atoms with E-state index in [1.807, 2.05) is 30.3 Å². The average molecular weight is 344 g/mol. The molecule has 7 heteroatoms. The van der Waals surface area contributed by atoms with Crippen LogP contribution in [0.1, 0.15) is 15.9 Å². The van der Waals surface area contributed by atoms with Crippen molar-refractivity contribution in [2.75, 3.05) is 6.54 Å². The zero-order valence-electron chi connectivity index (χ0n) is 10.8. The second-order valence-electron chi connectivity index (χ2n) is 4.07. The number of hydrogen-bond acceptors (Lipinski definition) is 4. The summed E-state index contributed by atoms with van der Waals surface area (Å²) in [5, 5.41) is 2.44. The van der Waals surface area contributed by atoms with E-state index in [0.717, 1.165) is 16.9 Å². The zero-order chi connectivity index (χ0) is 15.2. The maximum Gasteiger partial charge on any atom is 0.325 e. The van der Waals surface area contributed by atoms with Gasteiger partial charge in [0.2, 0.25) is 0 Å². The Morgan fingerprint density at radius 2 is 1.90 bits per heavy atom. The number of esters is 1. The third-order valence-electron chi connectivity index (χ3n) is 2.54. The average Bonchev–Trinajstić information content (AvgIpc) is 2.82. The molecule has 21 heavy (non-hydrogen) atoms. The van der Waals surface area contributed by atoms with Crippen molar-refractivity contribution in [2.24, 2.45) is 0 Å². The molecule has 1 heterocycles. The van der Waals surface area contributed by atoms with E-state index >= 15 is 0 Å². The largest absolute Gasteiger partial charge is 0.460 e. The topological polar surface area (TPSA) is 55.4 Å². The number of carbonyl (C=O) groups is 2. The summed E-state index contributed by atoms with van der Waals surface area (Å²) in [4.78, 5) is 23.4. The van der Waals surface area contributed by atoms with E-state index in [4.69, 9.17) is 27.9 Å². The summed E-state index contributed by atoms with van der Waals surface area (Å²) < 4.78 is 5.74. The van der Waals surface area contributed by atoms with Gasteiger partial charge < -0.3 is 10.1 Å². The molecule has 0 bridgehead atoms. The predicted molar refractivity (Wildman–Crippen MR) is 82.9 cm³/mol. The highest BCUT2D eigenvalue weighted by molar-refractivity contribution is 7.20. The molecular formula is C14H11Cl2NO3S. The van der Waals surface area contributed by atoms with Gasteiger partial charge in [-0.05, 0) is 11.6 Å². The molecule has 0 aliphatic rings. The molecule has 0 saturated carbocycles. The molecule has 1 N–H and O–H groups in total. The van der Waals surface area contributed by atoms with Crippen LogP contribution in [0.2, 0.25) is 8.67 Å². The van der Waals surface area contributed by atoms with Crippen LogP contribution in [0.25, 0.3) is 0 Å². The van der Waals surface area contributed by atoms with Crippen molar-refractivity contribution in [3.05, 3.63) is 56.2 Å². The molecule has 0 saturated heterocycles. The molecular weight excluding hydrogens is 333 g/mol. The number of rotatable bonds is 5. The van der Waals surface area contributed by atoms with Gasteiger partial charge in [-0.25, -0.2) is 0 Å². The fourth-order valence-electron chi connectivity index (χ4n) is 1.53. The molecule has 1 aromatic heterocycles. The van der Waals surface area contributed by atoms with Gasteiger partial charge in [-0.2, -0.15) is 0 Å². The van der Waals surface area contributed by atoms with Gasteiger partial charge in [0.15, 0.2) is 0 Å². The molecule has 0 aliphatic heterocycles. The summed E-state index contributed by atoms with van der Waals surface area (Å²) in [6.45, 7) is -0.0595. The van der Waals surface area contributed by atoms with E-state index in [1.165, 1.54) is 6.07 Å². The highest BCUT2D eigenvalue weighted by Crippen LogP contribution is 2.30. The van der Waals surface area contributed by atoms with Gasteiger partial charge in [-0.3, -0.25) is 9.59 Å². The number of hydrogen-bond donors (Lipinski definition) is 1. The van der Waals surface area contributed by atoms with Gasteiger partial charge in [0, 0.05) is 0 Å². The number of benzene rings is 1. The Kier molecular flexibility index (Phi) is 5.61. The molecule has 1 amide bonds. The number of halogens is 2. The van der Waals surface area contributed by atoms with E-state index < -0.39 is 11.9 Å². The van der Waals surface area contributed by atoms with Crippen LogP contribution in [0.4, 0.5) is 0 Å². The summed E-state index contributed by atoms with van der Waals surface area (Å²) in [6.07, 6.45) is 0. The van der Waals surface area contributed by atoms with Crippen molar-refractivity contribution in [1.82, 2.24) is 5.32 Å². The molecule has 0 radical (unpaired) electrons. The van der Waals surface area contributed by atoms with Gasteiger partial charge in [0.25, 0.3) is 5.91 Å². The van der Waals surface area contributed by atoms with Crippen LogP contribution in [0.15, 0.2) is 36.4 Å². The predicted octanol–water partition coefficient (Wildman–Crippen LogP) is 3.53. The van der Waals surface area contributed by atoms with Gasteiger partial charge >= 0.3 is 5.97 Å². The van der Waals surface area contributed by atoms with Crippen LogP contribution in [0.5, 0.6) is 0 Å². The summed E-state index contributed by atoms with van der Waals surface area (Å²) >= 11 is 12.7. The number of nitrogens with one attached hydrogen (secondary N) is 1. The first-order valence-electron chi connectivity index (χ1n) is 5.99. The third kappa shape index (κ3) is 4.74. The van der Waals surface area contributed by atoms with Gasteiger partial charge in [-0.15, -0.1) is 11.3 Å². The Hall–Kier alpha value is -1.56. The third-order valence-corrected chi connectivity index (χ3v) is 4.02. The lowest BCUT2D eigenvalue weighted by Crippen LogP contribution is -2.30. The van der Waals surface area contributed by atoms with E-state index in [0.29, 0.717) is 4.34 Å². The van der Waals surface area contributed by atoms with Crippen LogP contribution in [0, 0.1) is 0 Å². The lowest BCUT2D eigenvalue weighted by atomic mass is 10.2. The first kappa shape index (κ1) is 15.8. The molecule has 0 fully saturated rings. The van der Waals surface area contributed by atoms with Gasteiger partial charge in [0.05, 0.1) is 9.90 Å². The highest BCUT2D eigenvalue weighted by Gasteiger charge is 2.15. The zero-order valence-corrected chi connectivity index (χ0v) is 13.1. The quantitative estimate of drug-likeness (QED) is 0.845. The molecule has 0 aliphatic carbocycles. The van der Waals surface area contributed by atoms with Crippen LogP contribution in [0.3, 0.4) is 0 Å². The van der Waals surface area contributed by atoms with E-state index in [9.17, 15) is 9.59 Å². The van der Waals surface area contributed by atoms with E-state index in [1.54, 1.807) is 0 Å². The minimum Gasteiger partial charge on any atom is -0.460 e. The Morgan fingerprint density at radius 1 is 1.19 bits per heavy atom. The Bertz CT molecular complexity index is 643. The monoisotopic (exact) mass is 343 g/mol. The molecule has 1 aromatic carbocycles. The fourth-order valence-corrected chi connectivity index (χ4v) is 2.99. The van der Waals surface area contributed by atoms with Crippen molar-refractivity contribution in [2.45, 2.75) is 6.61 Å². The molecule has 0 unspecified atom stereocenters. The number of ether oxygens (including phenoxy) is 1. The smallest absolute Gasteiger partial charge is 0.325 e. The van der Waals surface area contributed by atoms with E-state index in [2.05, 4.69) is 5.32 Å². The van der Waals surface area contributed by atoms with Crippen molar-refractivity contribution in [3.63, 3.8) is 0 Å². The molecule has 110 valence electrons. The number of thiophene rings is 1. The first-order chi connectivity index (χ1) is 10.1.